The largest absolute Gasteiger partial charge is 0.266 e. The molecule has 2 aromatic heterocycles. The van der Waals surface area contributed by atoms with E-state index >= 15 is 0 Å². The van der Waals surface area contributed by atoms with Crippen molar-refractivity contribution in [2.45, 2.75) is 26.7 Å². The molecule has 0 aliphatic rings. The Labute approximate surface area is 122 Å². The van der Waals surface area contributed by atoms with Gasteiger partial charge in [0.15, 0.2) is 0 Å². The average molecular weight is 284 g/mol. The van der Waals surface area contributed by atoms with Crippen molar-refractivity contribution in [2.75, 3.05) is 0 Å². The van der Waals surface area contributed by atoms with Gasteiger partial charge in [0, 0.05) is 5.39 Å². The standard InChI is InChI=1S/C15H16N4S/c1-9(2)13-12-8-16-19(14(12)15(20)18-17-13)11-6-4-10(3)5-7-11/h4-9H,1-3H3,(H,18,20). The maximum absolute atomic E-state index is 5.39. The van der Waals surface area contributed by atoms with E-state index in [9.17, 15) is 0 Å². The summed E-state index contributed by atoms with van der Waals surface area (Å²) in [6, 6.07) is 8.23. The zero-order valence-corrected chi connectivity index (χ0v) is 12.5. The smallest absolute Gasteiger partial charge is 0.146 e. The van der Waals surface area contributed by atoms with E-state index in [0.717, 1.165) is 22.3 Å². The summed E-state index contributed by atoms with van der Waals surface area (Å²) >= 11 is 5.39. The molecule has 20 heavy (non-hydrogen) atoms. The van der Waals surface area contributed by atoms with Crippen molar-refractivity contribution in [1.29, 1.82) is 0 Å². The first kappa shape index (κ1) is 13.0. The van der Waals surface area contributed by atoms with E-state index in [0.29, 0.717) is 10.6 Å². The first-order chi connectivity index (χ1) is 9.58. The van der Waals surface area contributed by atoms with Crippen LogP contribution < -0.4 is 0 Å². The first-order valence-electron chi connectivity index (χ1n) is 6.61. The van der Waals surface area contributed by atoms with Gasteiger partial charge in [-0.15, -0.1) is 0 Å². The van der Waals surface area contributed by atoms with E-state index in [-0.39, 0.29) is 0 Å². The minimum Gasteiger partial charge on any atom is -0.266 e. The molecule has 0 saturated carbocycles. The maximum atomic E-state index is 5.39. The Morgan fingerprint density at radius 3 is 2.55 bits per heavy atom. The summed E-state index contributed by atoms with van der Waals surface area (Å²) in [5.74, 6) is 0.319. The van der Waals surface area contributed by atoms with E-state index in [4.69, 9.17) is 12.2 Å². The molecule has 3 aromatic rings. The third-order valence-corrected chi connectivity index (χ3v) is 3.65. The molecule has 2 heterocycles. The second-order valence-corrected chi connectivity index (χ2v) is 5.66. The quantitative estimate of drug-likeness (QED) is 0.726. The lowest BCUT2D eigenvalue weighted by atomic mass is 10.1. The van der Waals surface area contributed by atoms with Crippen LogP contribution in [0.1, 0.15) is 31.0 Å². The van der Waals surface area contributed by atoms with Gasteiger partial charge in [-0.2, -0.15) is 10.2 Å². The maximum Gasteiger partial charge on any atom is 0.146 e. The van der Waals surface area contributed by atoms with Crippen molar-refractivity contribution in [1.82, 2.24) is 20.0 Å². The predicted octanol–water partition coefficient (Wildman–Crippen LogP) is 3.91. The van der Waals surface area contributed by atoms with Crippen LogP contribution in [0.15, 0.2) is 30.5 Å². The number of aromatic nitrogens is 4. The number of nitrogens with one attached hydrogen (secondary N) is 1. The molecule has 0 aliphatic carbocycles. The van der Waals surface area contributed by atoms with Gasteiger partial charge in [0.2, 0.25) is 0 Å². The minimum absolute atomic E-state index is 0.319. The van der Waals surface area contributed by atoms with Crippen LogP contribution in [0.4, 0.5) is 0 Å². The summed E-state index contributed by atoms with van der Waals surface area (Å²) in [6.07, 6.45) is 1.85. The molecule has 0 aliphatic heterocycles. The molecule has 0 fully saturated rings. The molecule has 0 atom stereocenters. The number of hydrogen-bond acceptors (Lipinski definition) is 3. The topological polar surface area (TPSA) is 46.5 Å². The summed E-state index contributed by atoms with van der Waals surface area (Å²) in [5.41, 5.74) is 4.14. The molecule has 102 valence electrons. The number of benzene rings is 1. The molecule has 0 saturated heterocycles. The zero-order valence-electron chi connectivity index (χ0n) is 11.7. The summed E-state index contributed by atoms with van der Waals surface area (Å²) in [7, 11) is 0. The Bertz CT molecular complexity index is 812. The highest BCUT2D eigenvalue weighted by Crippen LogP contribution is 2.25. The number of rotatable bonds is 2. The second kappa shape index (κ2) is 4.83. The molecule has 0 unspecified atom stereocenters. The molecule has 0 bridgehead atoms. The van der Waals surface area contributed by atoms with E-state index in [2.05, 4.69) is 48.2 Å². The lowest BCUT2D eigenvalue weighted by molar-refractivity contribution is 0.795. The van der Waals surface area contributed by atoms with Gasteiger partial charge < -0.3 is 0 Å². The third kappa shape index (κ3) is 2.04. The molecule has 3 rings (SSSR count). The number of hydrogen-bond donors (Lipinski definition) is 1. The SMILES string of the molecule is Cc1ccc(-n2ncc3c(C(C)C)n[nH]c(=S)c32)cc1. The zero-order chi connectivity index (χ0) is 14.3. The lowest BCUT2D eigenvalue weighted by Crippen LogP contribution is -2.00. The van der Waals surface area contributed by atoms with Crippen LogP contribution >= 0.6 is 12.2 Å². The molecule has 5 heteroatoms. The average Bonchev–Trinajstić information content (AvgIpc) is 2.85. The fraction of sp³-hybridized carbons (Fsp3) is 0.267. The van der Waals surface area contributed by atoms with E-state index in [1.165, 1.54) is 5.56 Å². The van der Waals surface area contributed by atoms with Crippen molar-refractivity contribution in [3.8, 4) is 5.69 Å². The second-order valence-electron chi connectivity index (χ2n) is 5.25. The van der Waals surface area contributed by atoms with Crippen LogP contribution in [-0.2, 0) is 0 Å². The monoisotopic (exact) mass is 284 g/mol. The molecular weight excluding hydrogens is 268 g/mol. The number of aryl methyl sites for hydroxylation is 1. The Hall–Kier alpha value is -2.01. The van der Waals surface area contributed by atoms with Crippen molar-refractivity contribution in [3.63, 3.8) is 0 Å². The van der Waals surface area contributed by atoms with Crippen LogP contribution in [0.3, 0.4) is 0 Å². The number of H-pyrrole nitrogens is 1. The fourth-order valence-electron chi connectivity index (χ4n) is 2.30. The van der Waals surface area contributed by atoms with Gasteiger partial charge in [0.25, 0.3) is 0 Å². The van der Waals surface area contributed by atoms with E-state index < -0.39 is 0 Å². The highest BCUT2D eigenvalue weighted by Gasteiger charge is 2.14. The lowest BCUT2D eigenvalue weighted by Gasteiger charge is -2.07. The van der Waals surface area contributed by atoms with E-state index in [1.807, 2.05) is 23.0 Å². The highest BCUT2D eigenvalue weighted by molar-refractivity contribution is 7.71. The molecule has 0 amide bonds. The number of aromatic amines is 1. The van der Waals surface area contributed by atoms with Crippen molar-refractivity contribution >= 4 is 23.1 Å². The summed E-state index contributed by atoms with van der Waals surface area (Å²) in [4.78, 5) is 0. The number of nitrogens with zero attached hydrogens (tertiary/aromatic N) is 3. The van der Waals surface area contributed by atoms with Crippen LogP contribution in [0, 0.1) is 11.6 Å². The summed E-state index contributed by atoms with van der Waals surface area (Å²) in [6.45, 7) is 6.29. The first-order valence-corrected chi connectivity index (χ1v) is 7.02. The normalized spacial score (nSPS) is 11.4. The van der Waals surface area contributed by atoms with Crippen LogP contribution in [0.25, 0.3) is 16.6 Å². The van der Waals surface area contributed by atoms with Gasteiger partial charge in [-0.1, -0.05) is 43.8 Å². The minimum atomic E-state index is 0.319. The van der Waals surface area contributed by atoms with Gasteiger partial charge in [-0.05, 0) is 25.0 Å². The highest BCUT2D eigenvalue weighted by atomic mass is 32.1. The Kier molecular flexibility index (Phi) is 3.14. The molecule has 1 N–H and O–H groups in total. The van der Waals surface area contributed by atoms with Crippen LogP contribution in [-0.4, -0.2) is 20.0 Å². The predicted molar refractivity (Wildman–Crippen MR) is 82.9 cm³/mol. The van der Waals surface area contributed by atoms with Crippen LogP contribution in [0.5, 0.6) is 0 Å². The van der Waals surface area contributed by atoms with Crippen molar-refractivity contribution < 1.29 is 0 Å². The summed E-state index contributed by atoms with van der Waals surface area (Å²) in [5, 5.41) is 12.8. The summed E-state index contributed by atoms with van der Waals surface area (Å²) < 4.78 is 2.49. The third-order valence-electron chi connectivity index (χ3n) is 3.36. The molecule has 0 radical (unpaired) electrons. The molecular formula is C15H16N4S. The van der Waals surface area contributed by atoms with E-state index in [1.54, 1.807) is 0 Å². The van der Waals surface area contributed by atoms with Gasteiger partial charge in [0.05, 0.1) is 17.6 Å². The van der Waals surface area contributed by atoms with Gasteiger partial charge in [-0.3, -0.25) is 5.10 Å². The van der Waals surface area contributed by atoms with Gasteiger partial charge in [0.1, 0.15) is 10.2 Å². The van der Waals surface area contributed by atoms with Gasteiger partial charge >= 0.3 is 0 Å². The van der Waals surface area contributed by atoms with Crippen molar-refractivity contribution in [3.05, 3.63) is 46.4 Å². The fourth-order valence-corrected chi connectivity index (χ4v) is 2.54. The van der Waals surface area contributed by atoms with Crippen LogP contribution in [0.2, 0.25) is 0 Å². The Morgan fingerprint density at radius 2 is 1.90 bits per heavy atom. The number of fused-ring (bicyclic) bond motifs is 1. The molecule has 0 spiro atoms. The molecule has 1 aromatic carbocycles. The van der Waals surface area contributed by atoms with Crippen molar-refractivity contribution in [2.24, 2.45) is 0 Å². The van der Waals surface area contributed by atoms with Gasteiger partial charge in [-0.25, -0.2) is 4.68 Å². The Morgan fingerprint density at radius 1 is 1.20 bits per heavy atom. The molecule has 4 nitrogen and oxygen atoms in total. The Balaban J connectivity index is 2.31.